The third-order valence-electron chi connectivity index (χ3n) is 8.39. The summed E-state index contributed by atoms with van der Waals surface area (Å²) in [7, 11) is -6.73. The lowest BCUT2D eigenvalue weighted by atomic mass is 10.0. The lowest BCUT2D eigenvalue weighted by Gasteiger charge is -2.35. The number of ether oxygens (including phenoxy) is 2. The Labute approximate surface area is 286 Å². The monoisotopic (exact) mass is 723 g/mol. The summed E-state index contributed by atoms with van der Waals surface area (Å²) in [5.41, 5.74) is 0.108. The van der Waals surface area contributed by atoms with Crippen LogP contribution in [0.4, 0.5) is 14.5 Å². The van der Waals surface area contributed by atoms with Gasteiger partial charge in [-0.25, -0.2) is 25.6 Å². The topological polar surface area (TPSA) is 143 Å². The number of amides is 1. The van der Waals surface area contributed by atoms with Gasteiger partial charge < -0.3 is 19.5 Å². The van der Waals surface area contributed by atoms with Crippen LogP contribution in [0, 0.1) is 17.6 Å². The second-order valence-electron chi connectivity index (χ2n) is 12.3. The summed E-state index contributed by atoms with van der Waals surface area (Å²) in [6, 6.07) is 12.5. The van der Waals surface area contributed by atoms with Crippen molar-refractivity contribution in [2.75, 3.05) is 38.1 Å². The molecule has 0 aromatic heterocycles. The van der Waals surface area contributed by atoms with E-state index in [2.05, 4.69) is 4.72 Å². The van der Waals surface area contributed by atoms with Gasteiger partial charge in [0.15, 0.2) is 0 Å². The normalized spacial score (nSPS) is 20.6. The van der Waals surface area contributed by atoms with Crippen LogP contribution < -0.4 is 9.46 Å². The highest BCUT2D eigenvalue weighted by atomic mass is 32.2. The summed E-state index contributed by atoms with van der Waals surface area (Å²) in [4.78, 5) is 15.5. The van der Waals surface area contributed by atoms with E-state index in [1.165, 1.54) is 42.3 Å². The molecule has 1 aliphatic rings. The van der Waals surface area contributed by atoms with E-state index < -0.39 is 62.3 Å². The molecule has 3 aromatic rings. The number of aliphatic hydroxyl groups excluding tert-OH is 1. The Morgan fingerprint density at radius 3 is 2.18 bits per heavy atom. The SMILES string of the molecule is C[C@@H]1CCCCO[C@H](CN(C)S(=O)(=O)c2ccc(F)cc2)[C@H](C)CN([C@@H](C)CO)C(=O)c2cc(NS(=O)(=O)c3ccc(F)cc3)ccc2O1. The van der Waals surface area contributed by atoms with Crippen molar-refractivity contribution in [1.29, 1.82) is 0 Å². The maximum absolute atomic E-state index is 14.3. The van der Waals surface area contributed by atoms with Crippen LogP contribution in [0.25, 0.3) is 0 Å². The number of hydrogen-bond donors (Lipinski definition) is 2. The molecule has 4 rings (SSSR count). The molecule has 3 aromatic carbocycles. The summed E-state index contributed by atoms with van der Waals surface area (Å²) < 4.78 is 95.8. The van der Waals surface area contributed by atoms with E-state index >= 15 is 0 Å². The fourth-order valence-corrected chi connectivity index (χ4v) is 7.65. The molecule has 0 unspecified atom stereocenters. The number of aliphatic hydroxyl groups is 1. The first-order valence-corrected chi connectivity index (χ1v) is 18.9. The van der Waals surface area contributed by atoms with Gasteiger partial charge in [-0.3, -0.25) is 9.52 Å². The number of anilines is 1. The molecule has 0 saturated carbocycles. The van der Waals surface area contributed by atoms with Gasteiger partial charge in [0.25, 0.3) is 15.9 Å². The van der Waals surface area contributed by atoms with Crippen LogP contribution in [0.2, 0.25) is 0 Å². The number of rotatable bonds is 9. The summed E-state index contributed by atoms with van der Waals surface area (Å²) in [5, 5.41) is 10.2. The van der Waals surface area contributed by atoms with Crippen molar-refractivity contribution in [3.8, 4) is 5.75 Å². The fraction of sp³-hybridized carbons (Fsp3) is 0.441. The van der Waals surface area contributed by atoms with Gasteiger partial charge >= 0.3 is 0 Å². The molecule has 0 fully saturated rings. The van der Waals surface area contributed by atoms with Crippen LogP contribution in [0.5, 0.6) is 5.75 Å². The Morgan fingerprint density at radius 1 is 0.959 bits per heavy atom. The Balaban J connectivity index is 1.67. The maximum atomic E-state index is 14.3. The van der Waals surface area contributed by atoms with Crippen molar-refractivity contribution >= 4 is 31.6 Å². The number of nitrogens with zero attached hydrogens (tertiary/aromatic N) is 2. The molecular formula is C34H43F2N3O8S2. The first-order valence-electron chi connectivity index (χ1n) is 16.0. The predicted molar refractivity (Wildman–Crippen MR) is 180 cm³/mol. The quantitative estimate of drug-likeness (QED) is 0.318. The Bertz CT molecular complexity index is 1790. The molecule has 15 heteroatoms. The van der Waals surface area contributed by atoms with E-state index in [1.807, 2.05) is 13.8 Å². The van der Waals surface area contributed by atoms with Crippen molar-refractivity contribution < 1.29 is 45.0 Å². The minimum Gasteiger partial charge on any atom is -0.490 e. The summed E-state index contributed by atoms with van der Waals surface area (Å²) in [5.74, 6) is -1.94. The van der Waals surface area contributed by atoms with Crippen LogP contribution in [-0.2, 0) is 24.8 Å². The van der Waals surface area contributed by atoms with Crippen LogP contribution in [0.1, 0.15) is 50.4 Å². The van der Waals surface area contributed by atoms with Gasteiger partial charge in [0, 0.05) is 38.3 Å². The molecule has 2 N–H and O–H groups in total. The van der Waals surface area contributed by atoms with E-state index in [0.29, 0.717) is 25.9 Å². The molecule has 268 valence electrons. The predicted octanol–water partition coefficient (Wildman–Crippen LogP) is 4.88. The number of halogens is 2. The van der Waals surface area contributed by atoms with Crippen molar-refractivity contribution in [3.05, 3.63) is 83.9 Å². The van der Waals surface area contributed by atoms with Gasteiger partial charge in [0.05, 0.1) is 40.2 Å². The summed E-state index contributed by atoms with van der Waals surface area (Å²) in [6.07, 6.45) is 0.954. The van der Waals surface area contributed by atoms with Crippen molar-refractivity contribution in [2.24, 2.45) is 5.92 Å². The number of sulfonamides is 2. The van der Waals surface area contributed by atoms with Crippen LogP contribution in [0.15, 0.2) is 76.5 Å². The number of fused-ring (bicyclic) bond motifs is 1. The highest BCUT2D eigenvalue weighted by Gasteiger charge is 2.32. The van der Waals surface area contributed by atoms with E-state index in [4.69, 9.17) is 9.47 Å². The van der Waals surface area contributed by atoms with Gasteiger partial charge in [-0.15, -0.1) is 0 Å². The average molecular weight is 724 g/mol. The molecule has 0 aliphatic carbocycles. The van der Waals surface area contributed by atoms with Gasteiger partial charge in [-0.2, -0.15) is 4.31 Å². The molecule has 11 nitrogen and oxygen atoms in total. The number of carbonyl (C=O) groups is 1. The molecule has 0 bridgehead atoms. The molecule has 4 atom stereocenters. The lowest BCUT2D eigenvalue weighted by molar-refractivity contribution is -0.00834. The Hall–Kier alpha value is -3.63. The molecule has 49 heavy (non-hydrogen) atoms. The van der Waals surface area contributed by atoms with Crippen molar-refractivity contribution in [1.82, 2.24) is 9.21 Å². The fourth-order valence-electron chi connectivity index (χ4n) is 5.41. The second-order valence-corrected chi connectivity index (χ2v) is 16.0. The van der Waals surface area contributed by atoms with Crippen LogP contribution in [-0.4, -0.2) is 88.7 Å². The van der Waals surface area contributed by atoms with Crippen molar-refractivity contribution in [3.63, 3.8) is 0 Å². The van der Waals surface area contributed by atoms with Gasteiger partial charge in [-0.05, 0) is 99.8 Å². The van der Waals surface area contributed by atoms with Crippen LogP contribution in [0.3, 0.4) is 0 Å². The highest BCUT2D eigenvalue weighted by Crippen LogP contribution is 2.30. The van der Waals surface area contributed by atoms with Gasteiger partial charge in [-0.1, -0.05) is 6.92 Å². The molecule has 0 radical (unpaired) electrons. The Kier molecular flexibility index (Phi) is 12.8. The average Bonchev–Trinajstić information content (AvgIpc) is 3.06. The minimum absolute atomic E-state index is 0.0379. The third-order valence-corrected chi connectivity index (χ3v) is 11.6. The first-order chi connectivity index (χ1) is 23.1. The van der Waals surface area contributed by atoms with E-state index in [0.717, 1.165) is 40.7 Å². The van der Waals surface area contributed by atoms with E-state index in [-0.39, 0.29) is 46.0 Å². The molecule has 1 amide bonds. The Morgan fingerprint density at radius 2 is 1.57 bits per heavy atom. The first kappa shape index (κ1) is 38.2. The number of benzene rings is 3. The second kappa shape index (κ2) is 16.4. The largest absolute Gasteiger partial charge is 0.490 e. The van der Waals surface area contributed by atoms with E-state index in [1.54, 1.807) is 6.92 Å². The number of carbonyl (C=O) groups excluding carboxylic acids is 1. The molecule has 0 spiro atoms. The molecule has 1 aliphatic heterocycles. The standard InChI is InChI=1S/C34H43F2N3O8S2/c1-23-20-39(24(2)22-40)34(41)31-19-28(37-48(42,43)29-13-8-26(35)9-14-29)12-17-32(31)47-25(3)7-5-6-18-46-33(23)21-38(4)49(44,45)30-15-10-27(36)11-16-30/h8-17,19,23-25,33,37,40H,5-7,18,20-22H2,1-4H3/t23-,24+,25-,33-/m1/s1. The highest BCUT2D eigenvalue weighted by molar-refractivity contribution is 7.92. The zero-order valence-electron chi connectivity index (χ0n) is 27.9. The zero-order valence-corrected chi connectivity index (χ0v) is 29.5. The summed E-state index contributed by atoms with van der Waals surface area (Å²) in [6.45, 7) is 5.21. The molecule has 1 heterocycles. The minimum atomic E-state index is -4.14. The smallest absolute Gasteiger partial charge is 0.261 e. The maximum Gasteiger partial charge on any atom is 0.261 e. The summed E-state index contributed by atoms with van der Waals surface area (Å²) >= 11 is 0. The lowest BCUT2D eigenvalue weighted by Crippen LogP contribution is -2.48. The molecule has 0 saturated heterocycles. The van der Waals surface area contributed by atoms with Gasteiger partial charge in [0.1, 0.15) is 17.4 Å². The zero-order chi connectivity index (χ0) is 35.9. The number of nitrogens with one attached hydrogen (secondary N) is 1. The molecular weight excluding hydrogens is 681 g/mol. The number of hydrogen-bond acceptors (Lipinski definition) is 8. The van der Waals surface area contributed by atoms with Gasteiger partial charge in [0.2, 0.25) is 10.0 Å². The van der Waals surface area contributed by atoms with Crippen molar-refractivity contribution in [2.45, 2.75) is 68.1 Å². The van der Waals surface area contributed by atoms with E-state index in [9.17, 15) is 35.5 Å². The third kappa shape index (κ3) is 9.75. The number of likely N-dealkylation sites (N-methyl/N-ethyl adjacent to an activating group) is 1. The van der Waals surface area contributed by atoms with Crippen LogP contribution >= 0.6 is 0 Å².